The van der Waals surface area contributed by atoms with Crippen molar-refractivity contribution in [2.45, 2.75) is 25.8 Å². The average Bonchev–Trinajstić information content (AvgIpc) is 2.52. The fourth-order valence-electron chi connectivity index (χ4n) is 1.71. The van der Waals surface area contributed by atoms with Crippen molar-refractivity contribution in [3.05, 3.63) is 11.1 Å². The predicted octanol–water partition coefficient (Wildman–Crippen LogP) is 1.81. The Hall–Kier alpha value is -0.0500. The number of nitrogens with zero attached hydrogens (tertiary/aromatic N) is 1. The molecule has 1 aliphatic rings. The third-order valence-electron chi connectivity index (χ3n) is 2.64. The Kier molecular flexibility index (Phi) is 4.78. The number of nitrogens with one attached hydrogen (secondary N) is 1. The molecule has 0 bridgehead atoms. The summed E-state index contributed by atoms with van der Waals surface area (Å²) in [6, 6.07) is 0.725. The van der Waals surface area contributed by atoms with Crippen molar-refractivity contribution in [2.24, 2.45) is 0 Å². The van der Waals surface area contributed by atoms with Gasteiger partial charge >= 0.3 is 0 Å². The lowest BCUT2D eigenvalue weighted by atomic mass is 10.2. The van der Waals surface area contributed by atoms with Crippen molar-refractivity contribution in [2.75, 3.05) is 26.7 Å². The Balaban J connectivity index is 2.12. The van der Waals surface area contributed by atoms with Crippen LogP contribution in [0.5, 0.6) is 0 Å². The van der Waals surface area contributed by atoms with Gasteiger partial charge < -0.3 is 10.2 Å². The smallest absolute Gasteiger partial charge is 0.0218 e. The molecule has 1 N–H and O–H groups in total. The zero-order valence-corrected chi connectivity index (χ0v) is 9.27. The summed E-state index contributed by atoms with van der Waals surface area (Å²) in [6.07, 6.45) is 2.67. The van der Waals surface area contributed by atoms with Gasteiger partial charge in [0.1, 0.15) is 0 Å². The van der Waals surface area contributed by atoms with Crippen LogP contribution in [0.2, 0.25) is 0 Å². The lowest BCUT2D eigenvalue weighted by molar-refractivity contribution is 0.303. The zero-order chi connectivity index (χ0) is 9.68. The fraction of sp³-hybridized carbons (Fsp3) is 0.800. The first-order chi connectivity index (χ1) is 6.24. The summed E-state index contributed by atoms with van der Waals surface area (Å²) >= 11 is 5.56. The molecule has 1 rings (SSSR count). The third kappa shape index (κ3) is 3.67. The van der Waals surface area contributed by atoms with Gasteiger partial charge in [-0.25, -0.2) is 0 Å². The monoisotopic (exact) mass is 202 g/mol. The van der Waals surface area contributed by atoms with Gasteiger partial charge in [0.25, 0.3) is 0 Å². The molecule has 0 radical (unpaired) electrons. The van der Waals surface area contributed by atoms with E-state index in [0.29, 0.717) is 0 Å². The topological polar surface area (TPSA) is 15.3 Å². The van der Waals surface area contributed by atoms with Crippen molar-refractivity contribution >= 4 is 11.6 Å². The Morgan fingerprint density at radius 2 is 2.46 bits per heavy atom. The second-order valence-electron chi connectivity index (χ2n) is 3.86. The van der Waals surface area contributed by atoms with Gasteiger partial charge in [0.05, 0.1) is 0 Å². The summed E-state index contributed by atoms with van der Waals surface area (Å²) in [4.78, 5) is 2.42. The van der Waals surface area contributed by atoms with E-state index in [-0.39, 0.29) is 0 Å². The Morgan fingerprint density at radius 3 is 3.00 bits per heavy atom. The van der Waals surface area contributed by atoms with Crippen molar-refractivity contribution in [3.8, 4) is 0 Å². The van der Waals surface area contributed by atoms with Gasteiger partial charge in [-0.1, -0.05) is 11.6 Å². The Morgan fingerprint density at radius 1 is 1.69 bits per heavy atom. The van der Waals surface area contributed by atoms with Crippen molar-refractivity contribution < 1.29 is 0 Å². The molecule has 0 aromatic rings. The van der Waals surface area contributed by atoms with E-state index in [1.165, 1.54) is 25.0 Å². The maximum atomic E-state index is 5.56. The summed E-state index contributed by atoms with van der Waals surface area (Å²) in [5.74, 6) is 0. The average molecular weight is 203 g/mol. The van der Waals surface area contributed by atoms with Crippen molar-refractivity contribution in [3.63, 3.8) is 0 Å². The van der Waals surface area contributed by atoms with Gasteiger partial charge in [0.2, 0.25) is 0 Å². The van der Waals surface area contributed by atoms with Crippen LogP contribution in [-0.2, 0) is 0 Å². The standard InChI is InChI=1S/C10H19ClN2/c1-9(6-11)7-12-8-10-4-3-5-13(10)2/h6,10,12H,3-5,7-8H2,1-2H3. The van der Waals surface area contributed by atoms with Crippen LogP contribution in [0, 0.1) is 0 Å². The van der Waals surface area contributed by atoms with Crippen LogP contribution in [0.4, 0.5) is 0 Å². The van der Waals surface area contributed by atoms with Crippen LogP contribution < -0.4 is 5.32 Å². The summed E-state index contributed by atoms with van der Waals surface area (Å²) in [6.45, 7) is 5.28. The molecule has 1 heterocycles. The van der Waals surface area contributed by atoms with Gasteiger partial charge in [-0.15, -0.1) is 0 Å². The van der Waals surface area contributed by atoms with Gasteiger partial charge in [-0.3, -0.25) is 0 Å². The van der Waals surface area contributed by atoms with E-state index in [1.54, 1.807) is 5.54 Å². The highest BCUT2D eigenvalue weighted by Crippen LogP contribution is 2.13. The predicted molar refractivity (Wildman–Crippen MR) is 58.1 cm³/mol. The maximum absolute atomic E-state index is 5.56. The van der Waals surface area contributed by atoms with Crippen LogP contribution >= 0.6 is 11.6 Å². The largest absolute Gasteiger partial charge is 0.311 e. The minimum absolute atomic E-state index is 0.725. The third-order valence-corrected chi connectivity index (χ3v) is 3.01. The highest BCUT2D eigenvalue weighted by molar-refractivity contribution is 6.25. The highest BCUT2D eigenvalue weighted by atomic mass is 35.5. The van der Waals surface area contributed by atoms with Crippen LogP contribution in [0.3, 0.4) is 0 Å². The molecule has 0 aliphatic carbocycles. The van der Waals surface area contributed by atoms with Crippen molar-refractivity contribution in [1.82, 2.24) is 10.2 Å². The molecule has 13 heavy (non-hydrogen) atoms. The van der Waals surface area contributed by atoms with Gasteiger partial charge in [-0.05, 0) is 38.9 Å². The second-order valence-corrected chi connectivity index (χ2v) is 4.08. The Bertz CT molecular complexity index is 180. The Labute approximate surface area is 85.9 Å². The molecule has 0 spiro atoms. The molecule has 2 nitrogen and oxygen atoms in total. The number of likely N-dealkylation sites (tertiary alicyclic amines) is 1. The van der Waals surface area contributed by atoms with Gasteiger partial charge in [0, 0.05) is 24.7 Å². The van der Waals surface area contributed by atoms with Crippen molar-refractivity contribution in [1.29, 1.82) is 0 Å². The molecular weight excluding hydrogens is 184 g/mol. The van der Waals surface area contributed by atoms with Crippen LogP contribution in [0.25, 0.3) is 0 Å². The first-order valence-electron chi connectivity index (χ1n) is 4.91. The molecule has 0 aromatic heterocycles. The molecule has 0 saturated carbocycles. The van der Waals surface area contributed by atoms with Gasteiger partial charge in [0.15, 0.2) is 0 Å². The lowest BCUT2D eigenvalue weighted by Crippen LogP contribution is -2.35. The van der Waals surface area contributed by atoms with Crippen LogP contribution in [0.1, 0.15) is 19.8 Å². The van der Waals surface area contributed by atoms with E-state index < -0.39 is 0 Å². The van der Waals surface area contributed by atoms with E-state index in [4.69, 9.17) is 11.6 Å². The highest BCUT2D eigenvalue weighted by Gasteiger charge is 2.19. The molecule has 0 aromatic carbocycles. The van der Waals surface area contributed by atoms with Crippen LogP contribution in [0.15, 0.2) is 11.1 Å². The summed E-state index contributed by atoms with van der Waals surface area (Å²) in [5.41, 5.74) is 2.84. The SMILES string of the molecule is CC(=CCl)CNCC1CCCN1C. The fourth-order valence-corrected chi connectivity index (χ4v) is 1.79. The minimum Gasteiger partial charge on any atom is -0.311 e. The first kappa shape index (κ1) is 11.0. The number of likely N-dealkylation sites (N-methyl/N-ethyl adjacent to an activating group) is 1. The number of hydrogen-bond donors (Lipinski definition) is 1. The van der Waals surface area contributed by atoms with Gasteiger partial charge in [-0.2, -0.15) is 0 Å². The quantitative estimate of drug-likeness (QED) is 0.748. The van der Waals surface area contributed by atoms with E-state index in [9.17, 15) is 0 Å². The number of rotatable bonds is 4. The molecule has 1 aliphatic heterocycles. The molecule has 1 unspecified atom stereocenters. The van der Waals surface area contributed by atoms with Crippen LogP contribution in [-0.4, -0.2) is 37.6 Å². The molecule has 1 saturated heterocycles. The molecule has 1 fully saturated rings. The summed E-state index contributed by atoms with van der Waals surface area (Å²) in [5, 5.41) is 3.41. The lowest BCUT2D eigenvalue weighted by Gasteiger charge is -2.19. The number of halogens is 1. The molecular formula is C10H19ClN2. The summed E-state index contributed by atoms with van der Waals surface area (Å²) in [7, 11) is 2.20. The second kappa shape index (κ2) is 5.63. The van der Waals surface area contributed by atoms with E-state index in [0.717, 1.165) is 19.1 Å². The first-order valence-corrected chi connectivity index (χ1v) is 5.34. The molecule has 0 amide bonds. The maximum Gasteiger partial charge on any atom is 0.0218 e. The molecule has 1 atom stereocenters. The normalized spacial score (nSPS) is 25.5. The van der Waals surface area contributed by atoms with E-state index in [2.05, 4.69) is 17.3 Å². The molecule has 3 heteroatoms. The minimum atomic E-state index is 0.725. The van der Waals surface area contributed by atoms with E-state index >= 15 is 0 Å². The zero-order valence-electron chi connectivity index (χ0n) is 8.52. The number of hydrogen-bond acceptors (Lipinski definition) is 2. The molecule has 76 valence electrons. The summed E-state index contributed by atoms with van der Waals surface area (Å²) < 4.78 is 0. The van der Waals surface area contributed by atoms with E-state index in [1.807, 2.05) is 6.92 Å².